The van der Waals surface area contributed by atoms with Crippen LogP contribution in [0.25, 0.3) is 0 Å². The van der Waals surface area contributed by atoms with Crippen LogP contribution in [0.5, 0.6) is 0 Å². The summed E-state index contributed by atoms with van der Waals surface area (Å²) in [7, 11) is 1.58. The summed E-state index contributed by atoms with van der Waals surface area (Å²) in [4.78, 5) is 25.5. The molecule has 2 rings (SSSR count). The molecule has 1 aromatic rings. The Balaban J connectivity index is 1.94. The zero-order valence-electron chi connectivity index (χ0n) is 13.2. The van der Waals surface area contributed by atoms with Crippen LogP contribution in [0.15, 0.2) is 12.3 Å². The van der Waals surface area contributed by atoms with Crippen LogP contribution in [0.1, 0.15) is 42.7 Å². The standard InChI is InChI=1S/C15H24N4O3/c1-3-9-22-11-14(20)18-7-4-5-12(10-18)19-8-6-13(17-19)15(21)16-2/h6,8,12H,3-5,7,9-11H2,1-2H3,(H,16,21)/t12-/m1/s1. The molecule has 0 radical (unpaired) electrons. The van der Waals surface area contributed by atoms with Gasteiger partial charge in [-0.1, -0.05) is 6.92 Å². The van der Waals surface area contributed by atoms with E-state index in [1.165, 1.54) is 0 Å². The predicted molar refractivity (Wildman–Crippen MR) is 81.6 cm³/mol. The highest BCUT2D eigenvalue weighted by atomic mass is 16.5. The van der Waals surface area contributed by atoms with Crippen molar-refractivity contribution >= 4 is 11.8 Å². The van der Waals surface area contributed by atoms with Crippen LogP contribution in [0, 0.1) is 0 Å². The van der Waals surface area contributed by atoms with E-state index in [1.54, 1.807) is 24.0 Å². The molecule has 0 unspecified atom stereocenters. The zero-order chi connectivity index (χ0) is 15.9. The molecule has 1 aliphatic rings. The molecular formula is C15H24N4O3. The van der Waals surface area contributed by atoms with E-state index in [0.29, 0.717) is 18.8 Å². The van der Waals surface area contributed by atoms with Gasteiger partial charge in [0.05, 0.1) is 6.04 Å². The molecule has 2 heterocycles. The summed E-state index contributed by atoms with van der Waals surface area (Å²) in [5, 5.41) is 6.87. The second-order valence-electron chi connectivity index (χ2n) is 5.45. The average molecular weight is 308 g/mol. The molecule has 1 saturated heterocycles. The van der Waals surface area contributed by atoms with Crippen molar-refractivity contribution in [3.63, 3.8) is 0 Å². The number of amides is 2. The normalized spacial score (nSPS) is 18.3. The van der Waals surface area contributed by atoms with E-state index in [9.17, 15) is 9.59 Å². The number of hydrogen-bond donors (Lipinski definition) is 1. The molecule has 22 heavy (non-hydrogen) atoms. The molecule has 1 aromatic heterocycles. The van der Waals surface area contributed by atoms with Crippen molar-refractivity contribution in [2.24, 2.45) is 0 Å². The first kappa shape index (κ1) is 16.5. The van der Waals surface area contributed by atoms with Gasteiger partial charge in [0.25, 0.3) is 5.91 Å². The van der Waals surface area contributed by atoms with E-state index in [1.807, 2.05) is 11.8 Å². The average Bonchev–Trinajstić information content (AvgIpc) is 3.04. The smallest absolute Gasteiger partial charge is 0.271 e. The summed E-state index contributed by atoms with van der Waals surface area (Å²) in [5.74, 6) is -0.174. The Labute approximate surface area is 130 Å². The van der Waals surface area contributed by atoms with E-state index >= 15 is 0 Å². The number of rotatable bonds is 6. The predicted octanol–water partition coefficient (Wildman–Crippen LogP) is 0.833. The van der Waals surface area contributed by atoms with Gasteiger partial charge in [0.2, 0.25) is 5.91 Å². The number of carbonyl (C=O) groups excluding carboxylic acids is 2. The van der Waals surface area contributed by atoms with Gasteiger partial charge in [-0.25, -0.2) is 0 Å². The molecule has 0 saturated carbocycles. The molecular weight excluding hydrogens is 284 g/mol. The number of ether oxygens (including phenoxy) is 1. The molecule has 1 atom stereocenters. The fourth-order valence-electron chi connectivity index (χ4n) is 2.58. The zero-order valence-corrected chi connectivity index (χ0v) is 13.2. The van der Waals surface area contributed by atoms with Crippen molar-refractivity contribution < 1.29 is 14.3 Å². The molecule has 0 aromatic carbocycles. The summed E-state index contributed by atoms with van der Waals surface area (Å²) >= 11 is 0. The highest BCUT2D eigenvalue weighted by Crippen LogP contribution is 2.21. The van der Waals surface area contributed by atoms with Crippen molar-refractivity contribution in [3.05, 3.63) is 18.0 Å². The lowest BCUT2D eigenvalue weighted by Crippen LogP contribution is -2.42. The van der Waals surface area contributed by atoms with Crippen LogP contribution >= 0.6 is 0 Å². The van der Waals surface area contributed by atoms with Gasteiger partial charge < -0.3 is 15.0 Å². The van der Waals surface area contributed by atoms with Crippen LogP contribution in [0.2, 0.25) is 0 Å². The van der Waals surface area contributed by atoms with Gasteiger partial charge in [-0.2, -0.15) is 5.10 Å². The lowest BCUT2D eigenvalue weighted by Gasteiger charge is -2.32. The summed E-state index contributed by atoms with van der Waals surface area (Å²) in [6, 6.07) is 1.81. The van der Waals surface area contributed by atoms with Crippen molar-refractivity contribution in [1.82, 2.24) is 20.0 Å². The van der Waals surface area contributed by atoms with Crippen molar-refractivity contribution in [1.29, 1.82) is 0 Å². The van der Waals surface area contributed by atoms with E-state index < -0.39 is 0 Å². The van der Waals surface area contributed by atoms with Gasteiger partial charge in [0.1, 0.15) is 12.3 Å². The molecule has 0 bridgehead atoms. The Kier molecular flexibility index (Phi) is 5.94. The van der Waals surface area contributed by atoms with Crippen LogP contribution in [-0.4, -0.2) is 59.8 Å². The summed E-state index contributed by atoms with van der Waals surface area (Å²) in [6.07, 6.45) is 4.59. The lowest BCUT2D eigenvalue weighted by atomic mass is 10.1. The van der Waals surface area contributed by atoms with Crippen LogP contribution in [0.3, 0.4) is 0 Å². The van der Waals surface area contributed by atoms with Gasteiger partial charge in [0.15, 0.2) is 0 Å². The second kappa shape index (κ2) is 7.93. The highest BCUT2D eigenvalue weighted by Gasteiger charge is 2.25. The third-order valence-electron chi connectivity index (χ3n) is 3.77. The summed E-state index contributed by atoms with van der Waals surface area (Å²) in [6.45, 7) is 4.14. The minimum atomic E-state index is -0.199. The van der Waals surface area contributed by atoms with Crippen molar-refractivity contribution in [2.75, 3.05) is 33.4 Å². The number of hydrogen-bond acceptors (Lipinski definition) is 4. The molecule has 1 fully saturated rings. The van der Waals surface area contributed by atoms with Crippen LogP contribution in [0.4, 0.5) is 0 Å². The monoisotopic (exact) mass is 308 g/mol. The van der Waals surface area contributed by atoms with E-state index in [2.05, 4.69) is 10.4 Å². The Morgan fingerprint density at radius 2 is 2.32 bits per heavy atom. The first-order chi connectivity index (χ1) is 10.7. The number of likely N-dealkylation sites (tertiary alicyclic amines) is 1. The minimum absolute atomic E-state index is 0.0248. The topological polar surface area (TPSA) is 76.5 Å². The lowest BCUT2D eigenvalue weighted by molar-refractivity contribution is -0.137. The van der Waals surface area contributed by atoms with Crippen molar-refractivity contribution in [2.45, 2.75) is 32.2 Å². The van der Waals surface area contributed by atoms with Gasteiger partial charge in [-0.15, -0.1) is 0 Å². The third kappa shape index (κ3) is 4.07. The summed E-state index contributed by atoms with van der Waals surface area (Å²) in [5.41, 5.74) is 0.400. The molecule has 1 aliphatic heterocycles. The fraction of sp³-hybridized carbons (Fsp3) is 0.667. The quantitative estimate of drug-likeness (QED) is 0.790. The van der Waals surface area contributed by atoms with Gasteiger partial charge in [0, 0.05) is 32.9 Å². The maximum absolute atomic E-state index is 12.1. The van der Waals surface area contributed by atoms with E-state index in [0.717, 1.165) is 25.8 Å². The van der Waals surface area contributed by atoms with Crippen molar-refractivity contribution in [3.8, 4) is 0 Å². The van der Waals surface area contributed by atoms with Gasteiger partial charge in [-0.05, 0) is 25.3 Å². The molecule has 7 heteroatoms. The van der Waals surface area contributed by atoms with Crippen LogP contribution in [-0.2, 0) is 9.53 Å². The number of nitrogens with one attached hydrogen (secondary N) is 1. The number of carbonyl (C=O) groups is 2. The fourth-order valence-corrected chi connectivity index (χ4v) is 2.58. The molecule has 2 amide bonds. The molecule has 122 valence electrons. The number of aromatic nitrogens is 2. The summed E-state index contributed by atoms with van der Waals surface area (Å²) < 4.78 is 7.11. The Hall–Kier alpha value is -1.89. The SMILES string of the molecule is CCCOCC(=O)N1CCC[C@@H](n2ccc(C(=O)NC)n2)C1. The highest BCUT2D eigenvalue weighted by molar-refractivity contribution is 5.91. The molecule has 7 nitrogen and oxygen atoms in total. The Bertz CT molecular complexity index is 515. The molecule has 0 aliphatic carbocycles. The first-order valence-corrected chi connectivity index (χ1v) is 7.78. The Morgan fingerprint density at radius 1 is 1.50 bits per heavy atom. The Morgan fingerprint density at radius 3 is 3.05 bits per heavy atom. The molecule has 0 spiro atoms. The maximum Gasteiger partial charge on any atom is 0.271 e. The largest absolute Gasteiger partial charge is 0.372 e. The van der Waals surface area contributed by atoms with Crippen LogP contribution < -0.4 is 5.32 Å². The van der Waals surface area contributed by atoms with Gasteiger partial charge >= 0.3 is 0 Å². The van der Waals surface area contributed by atoms with E-state index in [-0.39, 0.29) is 24.5 Å². The van der Waals surface area contributed by atoms with E-state index in [4.69, 9.17) is 4.74 Å². The maximum atomic E-state index is 12.1. The molecule has 1 N–H and O–H groups in total. The van der Waals surface area contributed by atoms with Gasteiger partial charge in [-0.3, -0.25) is 14.3 Å². The first-order valence-electron chi connectivity index (χ1n) is 7.78. The number of nitrogens with zero attached hydrogens (tertiary/aromatic N) is 3. The third-order valence-corrected chi connectivity index (χ3v) is 3.77. The minimum Gasteiger partial charge on any atom is -0.372 e. The second-order valence-corrected chi connectivity index (χ2v) is 5.45. The number of piperidine rings is 1.